The highest BCUT2D eigenvalue weighted by Crippen LogP contribution is 2.12. The molecule has 0 unspecified atom stereocenters. The number of likely N-dealkylation sites (N-methyl/N-ethyl adjacent to an activating group) is 1. The molecule has 0 aliphatic heterocycles. The molecule has 0 N–H and O–H groups in total. The van der Waals surface area contributed by atoms with E-state index in [1.54, 1.807) is 6.92 Å². The SMILES string of the molecule is CC(=O)CCN(C)CCc1cccc(Br)c1. The Morgan fingerprint density at radius 2 is 2.12 bits per heavy atom. The molecule has 0 radical (unpaired) electrons. The summed E-state index contributed by atoms with van der Waals surface area (Å²) in [6, 6.07) is 8.35. The lowest BCUT2D eigenvalue weighted by molar-refractivity contribution is -0.117. The lowest BCUT2D eigenvalue weighted by Crippen LogP contribution is -2.23. The standard InChI is InChI=1S/C13H18BrNO/c1-11(16)6-8-15(2)9-7-12-4-3-5-13(14)10-12/h3-5,10H,6-9H2,1-2H3. The van der Waals surface area contributed by atoms with Crippen molar-refractivity contribution in [3.05, 3.63) is 34.3 Å². The summed E-state index contributed by atoms with van der Waals surface area (Å²) in [5, 5.41) is 0. The van der Waals surface area contributed by atoms with E-state index in [4.69, 9.17) is 0 Å². The van der Waals surface area contributed by atoms with Gasteiger partial charge in [-0.1, -0.05) is 28.1 Å². The Balaban J connectivity index is 2.31. The maximum atomic E-state index is 10.8. The Morgan fingerprint density at radius 3 is 2.75 bits per heavy atom. The number of halogens is 1. The molecule has 16 heavy (non-hydrogen) atoms. The van der Waals surface area contributed by atoms with Gasteiger partial charge in [-0.05, 0) is 38.1 Å². The van der Waals surface area contributed by atoms with Crippen LogP contribution in [-0.2, 0) is 11.2 Å². The normalized spacial score (nSPS) is 10.8. The van der Waals surface area contributed by atoms with Gasteiger partial charge in [0, 0.05) is 24.0 Å². The molecule has 0 amide bonds. The average molecular weight is 284 g/mol. The van der Waals surface area contributed by atoms with E-state index in [2.05, 4.69) is 46.1 Å². The van der Waals surface area contributed by atoms with Crippen LogP contribution in [0.2, 0.25) is 0 Å². The highest BCUT2D eigenvalue weighted by Gasteiger charge is 2.01. The van der Waals surface area contributed by atoms with Gasteiger partial charge >= 0.3 is 0 Å². The quantitative estimate of drug-likeness (QED) is 0.800. The Morgan fingerprint density at radius 1 is 1.38 bits per heavy atom. The van der Waals surface area contributed by atoms with Gasteiger partial charge in [-0.2, -0.15) is 0 Å². The first-order valence-electron chi connectivity index (χ1n) is 5.50. The molecule has 1 aromatic rings. The van der Waals surface area contributed by atoms with Crippen LogP contribution in [0.15, 0.2) is 28.7 Å². The minimum atomic E-state index is 0.259. The van der Waals surface area contributed by atoms with Gasteiger partial charge in [-0.25, -0.2) is 0 Å². The minimum Gasteiger partial charge on any atom is -0.306 e. The monoisotopic (exact) mass is 283 g/mol. The molecule has 1 rings (SSSR count). The predicted octanol–water partition coefficient (Wildman–Crippen LogP) is 2.90. The van der Waals surface area contributed by atoms with Gasteiger partial charge in [-0.3, -0.25) is 4.79 Å². The second-order valence-electron chi connectivity index (χ2n) is 4.14. The lowest BCUT2D eigenvalue weighted by Gasteiger charge is -2.15. The predicted molar refractivity (Wildman–Crippen MR) is 70.6 cm³/mol. The molecule has 0 spiro atoms. The number of benzene rings is 1. The number of hydrogen-bond donors (Lipinski definition) is 0. The van der Waals surface area contributed by atoms with E-state index in [0.717, 1.165) is 24.0 Å². The van der Waals surface area contributed by atoms with Crippen molar-refractivity contribution in [2.75, 3.05) is 20.1 Å². The van der Waals surface area contributed by atoms with Gasteiger partial charge in [0.1, 0.15) is 5.78 Å². The van der Waals surface area contributed by atoms with Crippen LogP contribution in [0.1, 0.15) is 18.9 Å². The molecule has 0 fully saturated rings. The van der Waals surface area contributed by atoms with Gasteiger partial charge in [0.2, 0.25) is 0 Å². The van der Waals surface area contributed by atoms with Gasteiger partial charge in [0.25, 0.3) is 0 Å². The van der Waals surface area contributed by atoms with Crippen molar-refractivity contribution in [2.45, 2.75) is 19.8 Å². The second-order valence-corrected chi connectivity index (χ2v) is 5.05. The van der Waals surface area contributed by atoms with Crippen LogP contribution in [0.4, 0.5) is 0 Å². The summed E-state index contributed by atoms with van der Waals surface area (Å²) in [7, 11) is 2.06. The van der Waals surface area contributed by atoms with Crippen molar-refractivity contribution >= 4 is 21.7 Å². The number of hydrogen-bond acceptors (Lipinski definition) is 2. The highest BCUT2D eigenvalue weighted by molar-refractivity contribution is 9.10. The first-order chi connectivity index (χ1) is 7.58. The summed E-state index contributed by atoms with van der Waals surface area (Å²) in [5.41, 5.74) is 1.32. The minimum absolute atomic E-state index is 0.259. The first kappa shape index (κ1) is 13.4. The van der Waals surface area contributed by atoms with E-state index >= 15 is 0 Å². The molecular formula is C13H18BrNO. The summed E-state index contributed by atoms with van der Waals surface area (Å²) >= 11 is 3.46. The zero-order chi connectivity index (χ0) is 12.0. The van der Waals surface area contributed by atoms with Crippen molar-refractivity contribution in [3.8, 4) is 0 Å². The van der Waals surface area contributed by atoms with Crippen molar-refractivity contribution in [2.24, 2.45) is 0 Å². The van der Waals surface area contributed by atoms with Crippen LogP contribution in [0.25, 0.3) is 0 Å². The van der Waals surface area contributed by atoms with Gasteiger partial charge in [-0.15, -0.1) is 0 Å². The molecule has 0 heterocycles. The van der Waals surface area contributed by atoms with Gasteiger partial charge < -0.3 is 4.90 Å². The molecule has 1 aromatic carbocycles. The number of nitrogens with zero attached hydrogens (tertiary/aromatic N) is 1. The average Bonchev–Trinajstić information content (AvgIpc) is 2.23. The Hall–Kier alpha value is -0.670. The van der Waals surface area contributed by atoms with Gasteiger partial charge in [0.15, 0.2) is 0 Å². The van der Waals surface area contributed by atoms with E-state index in [1.165, 1.54) is 5.56 Å². The van der Waals surface area contributed by atoms with E-state index in [1.807, 2.05) is 6.07 Å². The van der Waals surface area contributed by atoms with Crippen molar-refractivity contribution in [3.63, 3.8) is 0 Å². The molecule has 0 atom stereocenters. The topological polar surface area (TPSA) is 20.3 Å². The molecule has 0 saturated heterocycles. The fraction of sp³-hybridized carbons (Fsp3) is 0.462. The largest absolute Gasteiger partial charge is 0.306 e. The van der Waals surface area contributed by atoms with E-state index in [9.17, 15) is 4.79 Å². The molecule has 0 aliphatic rings. The van der Waals surface area contributed by atoms with Crippen molar-refractivity contribution in [1.29, 1.82) is 0 Å². The Labute approximate surface area is 106 Å². The summed E-state index contributed by atoms with van der Waals surface area (Å²) in [5.74, 6) is 0.259. The number of ketones is 1. The van der Waals surface area contributed by atoms with E-state index in [0.29, 0.717) is 6.42 Å². The summed E-state index contributed by atoms with van der Waals surface area (Å²) in [6.45, 7) is 3.48. The number of carbonyl (C=O) groups is 1. The number of Topliss-reactive ketones (excluding diaryl/α,β-unsaturated/α-hetero) is 1. The number of rotatable bonds is 6. The fourth-order valence-corrected chi connectivity index (χ4v) is 1.92. The van der Waals surface area contributed by atoms with Crippen molar-refractivity contribution < 1.29 is 4.79 Å². The molecular weight excluding hydrogens is 266 g/mol. The van der Waals surface area contributed by atoms with Crippen LogP contribution >= 0.6 is 15.9 Å². The third-order valence-electron chi connectivity index (χ3n) is 2.52. The summed E-state index contributed by atoms with van der Waals surface area (Å²) in [6.07, 6.45) is 1.67. The molecule has 0 aliphatic carbocycles. The Kier molecular flexibility index (Phi) is 5.71. The fourth-order valence-electron chi connectivity index (χ4n) is 1.47. The molecule has 0 aromatic heterocycles. The van der Waals surface area contributed by atoms with Crippen LogP contribution in [0.3, 0.4) is 0 Å². The lowest BCUT2D eigenvalue weighted by atomic mass is 10.1. The maximum Gasteiger partial charge on any atom is 0.131 e. The Bertz CT molecular complexity index is 352. The van der Waals surface area contributed by atoms with E-state index < -0.39 is 0 Å². The molecule has 2 nitrogen and oxygen atoms in total. The van der Waals surface area contributed by atoms with E-state index in [-0.39, 0.29) is 5.78 Å². The van der Waals surface area contributed by atoms with Crippen LogP contribution in [-0.4, -0.2) is 30.8 Å². The second kappa shape index (κ2) is 6.81. The third kappa shape index (κ3) is 5.42. The zero-order valence-electron chi connectivity index (χ0n) is 9.87. The maximum absolute atomic E-state index is 10.8. The third-order valence-corrected chi connectivity index (χ3v) is 3.01. The molecule has 3 heteroatoms. The van der Waals surface area contributed by atoms with Crippen LogP contribution in [0, 0.1) is 0 Å². The number of carbonyl (C=O) groups excluding carboxylic acids is 1. The van der Waals surface area contributed by atoms with Crippen LogP contribution < -0.4 is 0 Å². The first-order valence-corrected chi connectivity index (χ1v) is 6.29. The molecule has 0 bridgehead atoms. The zero-order valence-corrected chi connectivity index (χ0v) is 11.5. The van der Waals surface area contributed by atoms with Gasteiger partial charge in [0.05, 0.1) is 0 Å². The smallest absolute Gasteiger partial charge is 0.131 e. The summed E-state index contributed by atoms with van der Waals surface area (Å²) in [4.78, 5) is 13.0. The van der Waals surface area contributed by atoms with Crippen LogP contribution in [0.5, 0.6) is 0 Å². The molecule has 88 valence electrons. The molecule has 0 saturated carbocycles. The van der Waals surface area contributed by atoms with Crippen molar-refractivity contribution in [1.82, 2.24) is 4.90 Å². The summed E-state index contributed by atoms with van der Waals surface area (Å²) < 4.78 is 1.12. The highest BCUT2D eigenvalue weighted by atomic mass is 79.9.